The fraction of sp³-hybridized carbons (Fsp3) is 0.600. The lowest BCUT2D eigenvalue weighted by Crippen LogP contribution is -2.17. The predicted molar refractivity (Wildman–Crippen MR) is 83.4 cm³/mol. The first kappa shape index (κ1) is 13.7. The summed E-state index contributed by atoms with van der Waals surface area (Å²) < 4.78 is 12.4. The highest BCUT2D eigenvalue weighted by Crippen LogP contribution is 2.46. The van der Waals surface area contributed by atoms with Crippen molar-refractivity contribution in [1.82, 2.24) is 0 Å². The van der Waals surface area contributed by atoms with Crippen LogP contribution in [-0.2, 0) is 0 Å². The maximum Gasteiger partial charge on any atom is 0.162 e. The van der Waals surface area contributed by atoms with Gasteiger partial charge in [-0.3, -0.25) is 0 Å². The molecule has 2 nitrogen and oxygen atoms in total. The Morgan fingerprint density at radius 3 is 2.32 bits per heavy atom. The van der Waals surface area contributed by atoms with Crippen LogP contribution in [-0.4, -0.2) is 13.2 Å². The standard InChI is InChI=1S/C15H18Br2O2/c16-12-9-14-13(18-6-7-19-14)8-11(12)15(17)10-4-2-1-3-5-10/h8-10,15H,1-7H2. The van der Waals surface area contributed by atoms with Crippen molar-refractivity contribution in [2.75, 3.05) is 13.2 Å². The first-order valence-corrected chi connectivity index (χ1v) is 8.69. The van der Waals surface area contributed by atoms with Gasteiger partial charge in [-0.05, 0) is 36.5 Å². The van der Waals surface area contributed by atoms with Gasteiger partial charge in [-0.1, -0.05) is 51.1 Å². The molecule has 4 heteroatoms. The van der Waals surface area contributed by atoms with E-state index in [-0.39, 0.29) is 0 Å². The molecule has 1 atom stereocenters. The number of rotatable bonds is 2. The van der Waals surface area contributed by atoms with Gasteiger partial charge < -0.3 is 9.47 Å². The topological polar surface area (TPSA) is 18.5 Å². The van der Waals surface area contributed by atoms with E-state index in [4.69, 9.17) is 9.47 Å². The molecule has 0 spiro atoms. The zero-order valence-corrected chi connectivity index (χ0v) is 14.0. The molecule has 0 saturated heterocycles. The van der Waals surface area contributed by atoms with Crippen LogP contribution in [0.2, 0.25) is 0 Å². The van der Waals surface area contributed by atoms with Crippen LogP contribution in [0.25, 0.3) is 0 Å². The van der Waals surface area contributed by atoms with Crippen molar-refractivity contribution in [2.45, 2.75) is 36.9 Å². The number of halogens is 2. The van der Waals surface area contributed by atoms with Crippen molar-refractivity contribution in [2.24, 2.45) is 5.92 Å². The van der Waals surface area contributed by atoms with E-state index in [9.17, 15) is 0 Å². The number of ether oxygens (including phenoxy) is 2. The molecule has 0 amide bonds. The molecule has 0 radical (unpaired) electrons. The summed E-state index contributed by atoms with van der Waals surface area (Å²) in [7, 11) is 0. The third-order valence-corrected chi connectivity index (χ3v) is 5.95. The summed E-state index contributed by atoms with van der Waals surface area (Å²) in [6.07, 6.45) is 6.73. The fourth-order valence-corrected chi connectivity index (χ4v) is 4.76. The lowest BCUT2D eigenvalue weighted by Gasteiger charge is -2.28. The van der Waals surface area contributed by atoms with Crippen LogP contribution in [0.4, 0.5) is 0 Å². The van der Waals surface area contributed by atoms with Crippen LogP contribution < -0.4 is 9.47 Å². The second-order valence-corrected chi connectivity index (χ2v) is 7.16. The molecule has 19 heavy (non-hydrogen) atoms. The van der Waals surface area contributed by atoms with Gasteiger partial charge in [0.25, 0.3) is 0 Å². The van der Waals surface area contributed by atoms with Gasteiger partial charge in [-0.2, -0.15) is 0 Å². The molecule has 1 unspecified atom stereocenters. The summed E-state index contributed by atoms with van der Waals surface area (Å²) in [5.41, 5.74) is 1.29. The monoisotopic (exact) mass is 388 g/mol. The maximum absolute atomic E-state index is 5.69. The number of benzene rings is 1. The zero-order chi connectivity index (χ0) is 13.2. The number of alkyl halides is 1. The van der Waals surface area contributed by atoms with Gasteiger partial charge in [0.1, 0.15) is 13.2 Å². The molecule has 1 aliphatic heterocycles. The smallest absolute Gasteiger partial charge is 0.162 e. The van der Waals surface area contributed by atoms with Gasteiger partial charge in [0.15, 0.2) is 11.5 Å². The van der Waals surface area contributed by atoms with Crippen molar-refractivity contribution < 1.29 is 9.47 Å². The van der Waals surface area contributed by atoms with Crippen LogP contribution in [0.3, 0.4) is 0 Å². The summed E-state index contributed by atoms with van der Waals surface area (Å²) in [6, 6.07) is 4.17. The van der Waals surface area contributed by atoms with Crippen molar-refractivity contribution >= 4 is 31.9 Å². The normalized spacial score (nSPS) is 21.2. The highest BCUT2D eigenvalue weighted by atomic mass is 79.9. The average Bonchev–Trinajstić information content (AvgIpc) is 2.47. The van der Waals surface area contributed by atoms with E-state index >= 15 is 0 Å². The lowest BCUT2D eigenvalue weighted by atomic mass is 9.84. The number of hydrogen-bond donors (Lipinski definition) is 0. The zero-order valence-electron chi connectivity index (χ0n) is 10.8. The Morgan fingerprint density at radius 2 is 1.63 bits per heavy atom. The minimum atomic E-state index is 0.401. The van der Waals surface area contributed by atoms with Crippen LogP contribution in [0.5, 0.6) is 11.5 Å². The van der Waals surface area contributed by atoms with Crippen LogP contribution in [0.1, 0.15) is 42.5 Å². The summed E-state index contributed by atoms with van der Waals surface area (Å²) in [6.45, 7) is 1.28. The average molecular weight is 390 g/mol. The molecule has 0 bridgehead atoms. The molecule has 1 fully saturated rings. The first-order chi connectivity index (χ1) is 9.25. The Balaban J connectivity index is 1.86. The molecule has 1 aromatic carbocycles. The lowest BCUT2D eigenvalue weighted by molar-refractivity contribution is 0.171. The number of fused-ring (bicyclic) bond motifs is 1. The molecule has 1 saturated carbocycles. The van der Waals surface area contributed by atoms with Crippen molar-refractivity contribution in [3.05, 3.63) is 22.2 Å². The number of hydrogen-bond acceptors (Lipinski definition) is 2. The van der Waals surface area contributed by atoms with E-state index in [1.165, 1.54) is 37.7 Å². The molecule has 1 heterocycles. The summed E-state index contributed by atoms with van der Waals surface area (Å²) in [5, 5.41) is 0. The van der Waals surface area contributed by atoms with Crippen LogP contribution in [0, 0.1) is 5.92 Å². The second kappa shape index (κ2) is 6.04. The van der Waals surface area contributed by atoms with Crippen molar-refractivity contribution in [1.29, 1.82) is 0 Å². The van der Waals surface area contributed by atoms with Gasteiger partial charge in [-0.15, -0.1) is 0 Å². The molecular weight excluding hydrogens is 372 g/mol. The van der Waals surface area contributed by atoms with Gasteiger partial charge in [-0.25, -0.2) is 0 Å². The molecule has 0 N–H and O–H groups in total. The molecule has 104 valence electrons. The Morgan fingerprint density at radius 1 is 1.00 bits per heavy atom. The predicted octanol–water partition coefficient (Wildman–Crippen LogP) is 5.24. The third kappa shape index (κ3) is 2.94. The van der Waals surface area contributed by atoms with Gasteiger partial charge in [0.05, 0.1) is 0 Å². The molecule has 0 aromatic heterocycles. The van der Waals surface area contributed by atoms with E-state index in [2.05, 4.69) is 37.9 Å². The van der Waals surface area contributed by atoms with E-state index in [1.807, 2.05) is 6.07 Å². The van der Waals surface area contributed by atoms with Crippen LogP contribution in [0.15, 0.2) is 16.6 Å². The summed E-state index contributed by atoms with van der Waals surface area (Å²) >= 11 is 7.58. The minimum absolute atomic E-state index is 0.401. The Bertz CT molecular complexity index is 456. The minimum Gasteiger partial charge on any atom is -0.486 e. The van der Waals surface area contributed by atoms with Crippen molar-refractivity contribution in [3.63, 3.8) is 0 Å². The van der Waals surface area contributed by atoms with Gasteiger partial charge >= 0.3 is 0 Å². The highest BCUT2D eigenvalue weighted by molar-refractivity contribution is 9.11. The van der Waals surface area contributed by atoms with E-state index in [0.717, 1.165) is 21.9 Å². The summed E-state index contributed by atoms with van der Waals surface area (Å²) in [5.74, 6) is 2.46. The first-order valence-electron chi connectivity index (χ1n) is 6.99. The van der Waals surface area contributed by atoms with Gasteiger partial charge in [0.2, 0.25) is 0 Å². The second-order valence-electron chi connectivity index (χ2n) is 5.32. The Hall–Kier alpha value is -0.220. The van der Waals surface area contributed by atoms with Crippen LogP contribution >= 0.6 is 31.9 Å². The molecular formula is C15H18Br2O2. The van der Waals surface area contributed by atoms with Crippen molar-refractivity contribution in [3.8, 4) is 11.5 Å². The van der Waals surface area contributed by atoms with Gasteiger partial charge in [0, 0.05) is 9.30 Å². The van der Waals surface area contributed by atoms with E-state index < -0.39 is 0 Å². The highest BCUT2D eigenvalue weighted by Gasteiger charge is 2.26. The Labute approximate surface area is 131 Å². The Kier molecular flexibility index (Phi) is 4.37. The molecule has 1 aliphatic carbocycles. The summed E-state index contributed by atoms with van der Waals surface area (Å²) in [4.78, 5) is 0.401. The fourth-order valence-electron chi connectivity index (χ4n) is 2.97. The molecule has 1 aromatic rings. The maximum atomic E-state index is 5.69. The quantitative estimate of drug-likeness (QED) is 0.644. The largest absolute Gasteiger partial charge is 0.486 e. The molecule has 3 rings (SSSR count). The van der Waals surface area contributed by atoms with E-state index in [0.29, 0.717) is 18.0 Å². The SMILES string of the molecule is Brc1cc2c(cc1C(Br)C1CCCCC1)OCCO2. The van der Waals surface area contributed by atoms with E-state index in [1.54, 1.807) is 0 Å². The molecule has 2 aliphatic rings. The third-order valence-electron chi connectivity index (χ3n) is 4.02.